The normalized spacial score (nSPS) is 10.5. The van der Waals surface area contributed by atoms with Crippen LogP contribution in [-0.4, -0.2) is 18.2 Å². The van der Waals surface area contributed by atoms with Gasteiger partial charge in [-0.05, 0) is 30.2 Å². The molecule has 2 rings (SSSR count). The van der Waals surface area contributed by atoms with Gasteiger partial charge in [-0.25, -0.2) is 0 Å². The molecular formula is C18H18N2O2. The van der Waals surface area contributed by atoms with Crippen LogP contribution in [0.1, 0.15) is 15.9 Å². The maximum absolute atomic E-state index is 11.8. The summed E-state index contributed by atoms with van der Waals surface area (Å²) in [6, 6.07) is 16.3. The van der Waals surface area contributed by atoms with Gasteiger partial charge in [0.2, 0.25) is 5.91 Å². The zero-order valence-electron chi connectivity index (χ0n) is 12.2. The van der Waals surface area contributed by atoms with Gasteiger partial charge in [0.1, 0.15) is 0 Å². The first-order valence-electron chi connectivity index (χ1n) is 7.05. The Kier molecular flexibility index (Phi) is 5.49. The third-order valence-corrected chi connectivity index (χ3v) is 3.14. The largest absolute Gasteiger partial charge is 0.399 e. The molecular weight excluding hydrogens is 276 g/mol. The number of hydrogen-bond donors (Lipinski definition) is 2. The highest BCUT2D eigenvalue weighted by molar-refractivity contribution is 6.07. The van der Waals surface area contributed by atoms with E-state index in [-0.39, 0.29) is 11.7 Å². The van der Waals surface area contributed by atoms with Gasteiger partial charge in [-0.2, -0.15) is 0 Å². The van der Waals surface area contributed by atoms with E-state index in [2.05, 4.69) is 5.32 Å². The van der Waals surface area contributed by atoms with Gasteiger partial charge in [-0.1, -0.05) is 42.5 Å². The molecule has 4 heteroatoms. The molecule has 3 N–H and O–H groups in total. The van der Waals surface area contributed by atoms with Crippen LogP contribution >= 0.6 is 0 Å². The molecule has 0 aliphatic rings. The van der Waals surface area contributed by atoms with Gasteiger partial charge in [0.25, 0.3) is 0 Å². The lowest BCUT2D eigenvalue weighted by atomic mass is 10.1. The fourth-order valence-corrected chi connectivity index (χ4v) is 1.92. The van der Waals surface area contributed by atoms with Crippen molar-refractivity contribution >= 4 is 17.4 Å². The molecule has 112 valence electrons. The molecule has 0 atom stereocenters. The number of hydrogen-bond acceptors (Lipinski definition) is 3. The van der Waals surface area contributed by atoms with Crippen LogP contribution in [-0.2, 0) is 11.2 Å². The van der Waals surface area contributed by atoms with Gasteiger partial charge in [0.05, 0.1) is 0 Å². The Labute approximate surface area is 129 Å². The monoisotopic (exact) mass is 294 g/mol. The molecule has 0 saturated heterocycles. The molecule has 0 bridgehead atoms. The molecule has 0 saturated carbocycles. The summed E-state index contributed by atoms with van der Waals surface area (Å²) < 4.78 is 0. The highest BCUT2D eigenvalue weighted by Crippen LogP contribution is 2.05. The Morgan fingerprint density at radius 3 is 2.32 bits per heavy atom. The molecule has 0 heterocycles. The first-order valence-corrected chi connectivity index (χ1v) is 7.05. The SMILES string of the molecule is Nc1ccc(CCNC(=O)/C=C/C(=O)c2ccccc2)cc1. The summed E-state index contributed by atoms with van der Waals surface area (Å²) in [5.74, 6) is -0.464. The number of nitrogens with one attached hydrogen (secondary N) is 1. The number of nitrogen functional groups attached to an aromatic ring is 1. The molecule has 0 aliphatic heterocycles. The minimum absolute atomic E-state index is 0.186. The summed E-state index contributed by atoms with van der Waals surface area (Å²) in [6.07, 6.45) is 3.26. The predicted molar refractivity (Wildman–Crippen MR) is 87.5 cm³/mol. The maximum Gasteiger partial charge on any atom is 0.244 e. The first-order chi connectivity index (χ1) is 10.6. The second kappa shape index (κ2) is 7.78. The Balaban J connectivity index is 1.77. The van der Waals surface area contributed by atoms with E-state index in [9.17, 15) is 9.59 Å². The van der Waals surface area contributed by atoms with E-state index in [1.54, 1.807) is 24.3 Å². The van der Waals surface area contributed by atoms with Crippen molar-refractivity contribution in [3.05, 3.63) is 77.9 Å². The second-order valence-electron chi connectivity index (χ2n) is 4.85. The fourth-order valence-electron chi connectivity index (χ4n) is 1.92. The number of nitrogens with two attached hydrogens (primary N) is 1. The van der Waals surface area contributed by atoms with E-state index in [1.807, 2.05) is 30.3 Å². The highest BCUT2D eigenvalue weighted by Gasteiger charge is 2.01. The molecule has 0 fully saturated rings. The van der Waals surface area contributed by atoms with Crippen molar-refractivity contribution in [1.29, 1.82) is 0 Å². The summed E-state index contributed by atoms with van der Waals surface area (Å²) >= 11 is 0. The van der Waals surface area contributed by atoms with Crippen LogP contribution in [0.2, 0.25) is 0 Å². The topological polar surface area (TPSA) is 72.2 Å². The van der Waals surface area contributed by atoms with E-state index in [0.29, 0.717) is 18.5 Å². The summed E-state index contributed by atoms with van der Waals surface area (Å²) in [6.45, 7) is 0.507. The average Bonchev–Trinajstić information content (AvgIpc) is 2.55. The number of ketones is 1. The Morgan fingerprint density at radius 1 is 0.955 bits per heavy atom. The number of carbonyl (C=O) groups is 2. The van der Waals surface area contributed by atoms with Crippen molar-refractivity contribution in [2.75, 3.05) is 12.3 Å². The van der Waals surface area contributed by atoms with Crippen molar-refractivity contribution in [2.45, 2.75) is 6.42 Å². The molecule has 0 spiro atoms. The van der Waals surface area contributed by atoms with Gasteiger partial charge < -0.3 is 11.1 Å². The lowest BCUT2D eigenvalue weighted by Gasteiger charge is -2.03. The van der Waals surface area contributed by atoms with Crippen LogP contribution in [0.4, 0.5) is 5.69 Å². The van der Waals surface area contributed by atoms with E-state index < -0.39 is 0 Å². The van der Waals surface area contributed by atoms with Gasteiger partial charge >= 0.3 is 0 Å². The summed E-state index contributed by atoms with van der Waals surface area (Å²) in [4.78, 5) is 23.5. The van der Waals surface area contributed by atoms with E-state index >= 15 is 0 Å². The standard InChI is InChI=1S/C18H18N2O2/c19-16-8-6-14(7-9-16)12-13-20-18(22)11-10-17(21)15-4-2-1-3-5-15/h1-11H,12-13,19H2,(H,20,22)/b11-10+. The van der Waals surface area contributed by atoms with Crippen LogP contribution in [0.15, 0.2) is 66.7 Å². The quantitative estimate of drug-likeness (QED) is 0.488. The Bertz CT molecular complexity index is 661. The summed E-state index contributed by atoms with van der Waals surface area (Å²) in [5.41, 5.74) is 7.99. The van der Waals surface area contributed by atoms with Crippen molar-refractivity contribution < 1.29 is 9.59 Å². The third-order valence-electron chi connectivity index (χ3n) is 3.14. The smallest absolute Gasteiger partial charge is 0.244 e. The van der Waals surface area contributed by atoms with E-state index in [4.69, 9.17) is 5.73 Å². The number of carbonyl (C=O) groups excluding carboxylic acids is 2. The van der Waals surface area contributed by atoms with Crippen LogP contribution in [0.3, 0.4) is 0 Å². The molecule has 0 unspecified atom stereocenters. The average molecular weight is 294 g/mol. The van der Waals surface area contributed by atoms with Gasteiger partial charge in [0, 0.05) is 23.9 Å². The van der Waals surface area contributed by atoms with Crippen LogP contribution < -0.4 is 11.1 Å². The number of rotatable bonds is 6. The summed E-state index contributed by atoms with van der Waals surface area (Å²) in [5, 5.41) is 2.74. The zero-order valence-corrected chi connectivity index (χ0v) is 12.2. The molecule has 0 aromatic heterocycles. The van der Waals surface area contributed by atoms with E-state index in [1.165, 1.54) is 12.2 Å². The molecule has 2 aromatic rings. The van der Waals surface area contributed by atoms with Crippen molar-refractivity contribution in [3.8, 4) is 0 Å². The Morgan fingerprint density at radius 2 is 1.64 bits per heavy atom. The number of allylic oxidation sites excluding steroid dienone is 1. The predicted octanol–water partition coefficient (Wildman–Crippen LogP) is 2.37. The van der Waals surface area contributed by atoms with Crippen LogP contribution in [0.25, 0.3) is 0 Å². The Hall–Kier alpha value is -2.88. The lowest BCUT2D eigenvalue weighted by Crippen LogP contribution is -2.23. The zero-order chi connectivity index (χ0) is 15.8. The first kappa shape index (κ1) is 15.5. The molecule has 4 nitrogen and oxygen atoms in total. The van der Waals surface area contributed by atoms with Crippen molar-refractivity contribution in [3.63, 3.8) is 0 Å². The van der Waals surface area contributed by atoms with Gasteiger partial charge in [-0.15, -0.1) is 0 Å². The van der Waals surface area contributed by atoms with Gasteiger partial charge in [0.15, 0.2) is 5.78 Å². The molecule has 22 heavy (non-hydrogen) atoms. The minimum Gasteiger partial charge on any atom is -0.399 e. The second-order valence-corrected chi connectivity index (χ2v) is 4.85. The highest BCUT2D eigenvalue weighted by atomic mass is 16.1. The molecule has 1 amide bonds. The number of amides is 1. The maximum atomic E-state index is 11.8. The van der Waals surface area contributed by atoms with E-state index in [0.717, 1.165) is 11.3 Å². The lowest BCUT2D eigenvalue weighted by molar-refractivity contribution is -0.116. The van der Waals surface area contributed by atoms with Crippen molar-refractivity contribution in [1.82, 2.24) is 5.32 Å². The summed E-state index contributed by atoms with van der Waals surface area (Å²) in [7, 11) is 0. The fraction of sp³-hybridized carbons (Fsp3) is 0.111. The molecule has 2 aromatic carbocycles. The number of benzene rings is 2. The van der Waals surface area contributed by atoms with Crippen LogP contribution in [0, 0.1) is 0 Å². The van der Waals surface area contributed by atoms with Crippen molar-refractivity contribution in [2.24, 2.45) is 0 Å². The number of anilines is 1. The molecule has 0 radical (unpaired) electrons. The van der Waals surface area contributed by atoms with Gasteiger partial charge in [-0.3, -0.25) is 9.59 Å². The minimum atomic E-state index is -0.278. The van der Waals surface area contributed by atoms with Crippen LogP contribution in [0.5, 0.6) is 0 Å². The molecule has 0 aliphatic carbocycles. The third kappa shape index (κ3) is 4.90.